The highest BCUT2D eigenvalue weighted by molar-refractivity contribution is 7.92. The third-order valence-corrected chi connectivity index (χ3v) is 5.60. The lowest BCUT2D eigenvalue weighted by atomic mass is 10.2. The summed E-state index contributed by atoms with van der Waals surface area (Å²) in [5, 5.41) is 5.83. The molecule has 0 bridgehead atoms. The number of anilines is 1. The number of hydrogen-bond acceptors (Lipinski definition) is 6. The van der Waals surface area contributed by atoms with E-state index in [0.717, 1.165) is 24.1 Å². The van der Waals surface area contributed by atoms with Crippen LogP contribution in [0.3, 0.4) is 0 Å². The van der Waals surface area contributed by atoms with Crippen molar-refractivity contribution in [1.82, 2.24) is 9.59 Å². The predicted octanol–water partition coefficient (Wildman–Crippen LogP) is 4.18. The van der Waals surface area contributed by atoms with Crippen molar-refractivity contribution in [2.75, 3.05) is 11.3 Å². The Morgan fingerprint density at radius 1 is 1.08 bits per heavy atom. The van der Waals surface area contributed by atoms with Crippen LogP contribution < -0.4 is 9.46 Å². The number of ether oxygens (including phenoxy) is 1. The average Bonchev–Trinajstić information content (AvgIpc) is 3.17. The zero-order chi connectivity index (χ0) is 18.4. The Labute approximate surface area is 157 Å². The molecule has 0 fully saturated rings. The van der Waals surface area contributed by atoms with Crippen molar-refractivity contribution in [3.8, 4) is 17.0 Å². The van der Waals surface area contributed by atoms with Gasteiger partial charge in [0, 0.05) is 16.6 Å². The molecule has 3 rings (SSSR count). The van der Waals surface area contributed by atoms with Crippen LogP contribution in [0.1, 0.15) is 19.8 Å². The van der Waals surface area contributed by atoms with E-state index in [1.165, 1.54) is 11.5 Å². The molecule has 0 aliphatic heterocycles. The molecule has 1 aromatic heterocycles. The second kappa shape index (κ2) is 8.29. The first-order chi connectivity index (χ1) is 12.6. The average molecular weight is 390 g/mol. The molecule has 8 heteroatoms. The number of rotatable bonds is 8. The maximum Gasteiger partial charge on any atom is 0.261 e. The SMILES string of the molecule is CCCCOc1ccc(S(=O)(=O)Nc2ccc(-c3csnn3)cc2)cc1. The van der Waals surface area contributed by atoms with Crippen molar-refractivity contribution in [3.63, 3.8) is 0 Å². The zero-order valence-corrected chi connectivity index (χ0v) is 15.9. The van der Waals surface area contributed by atoms with Crippen LogP contribution in [0, 0.1) is 0 Å². The Morgan fingerprint density at radius 3 is 2.42 bits per heavy atom. The van der Waals surface area contributed by atoms with E-state index < -0.39 is 10.0 Å². The molecule has 6 nitrogen and oxygen atoms in total. The van der Waals surface area contributed by atoms with Gasteiger partial charge in [0.1, 0.15) is 11.4 Å². The zero-order valence-electron chi connectivity index (χ0n) is 14.3. The molecule has 0 aliphatic rings. The summed E-state index contributed by atoms with van der Waals surface area (Å²) in [4.78, 5) is 0.188. The standard InChI is InChI=1S/C18H19N3O3S2/c1-2-3-12-24-16-8-10-17(11-9-16)26(22,23)20-15-6-4-14(5-7-15)18-13-25-21-19-18/h4-11,13,20H,2-3,12H2,1H3. The number of benzene rings is 2. The predicted molar refractivity (Wildman–Crippen MR) is 103 cm³/mol. The molecular formula is C18H19N3O3S2. The van der Waals surface area contributed by atoms with Crippen LogP contribution in [0.5, 0.6) is 5.75 Å². The maximum atomic E-state index is 12.5. The number of hydrogen-bond donors (Lipinski definition) is 1. The summed E-state index contributed by atoms with van der Waals surface area (Å²) in [6.07, 6.45) is 2.02. The molecule has 1 heterocycles. The summed E-state index contributed by atoms with van der Waals surface area (Å²) >= 11 is 1.27. The number of aromatic nitrogens is 2. The van der Waals surface area contributed by atoms with Crippen LogP contribution in [0.25, 0.3) is 11.3 Å². The fourth-order valence-corrected chi connectivity index (χ4v) is 3.79. The van der Waals surface area contributed by atoms with Gasteiger partial charge in [0.2, 0.25) is 0 Å². The molecule has 2 aromatic carbocycles. The van der Waals surface area contributed by atoms with E-state index in [4.69, 9.17) is 4.74 Å². The second-order valence-electron chi connectivity index (χ2n) is 5.65. The van der Waals surface area contributed by atoms with Crippen molar-refractivity contribution in [2.45, 2.75) is 24.7 Å². The summed E-state index contributed by atoms with van der Waals surface area (Å²) in [5.74, 6) is 0.665. The summed E-state index contributed by atoms with van der Waals surface area (Å²) in [6.45, 7) is 2.71. The quantitative estimate of drug-likeness (QED) is 0.584. The van der Waals surface area contributed by atoms with Crippen LogP contribution >= 0.6 is 11.5 Å². The normalized spacial score (nSPS) is 11.3. The highest BCUT2D eigenvalue weighted by Crippen LogP contribution is 2.23. The summed E-state index contributed by atoms with van der Waals surface area (Å²) in [5.41, 5.74) is 2.14. The topological polar surface area (TPSA) is 81.2 Å². The number of nitrogens with one attached hydrogen (secondary N) is 1. The van der Waals surface area contributed by atoms with E-state index in [-0.39, 0.29) is 4.90 Å². The Morgan fingerprint density at radius 2 is 1.81 bits per heavy atom. The largest absolute Gasteiger partial charge is 0.494 e. The third kappa shape index (κ3) is 4.59. The van der Waals surface area contributed by atoms with Gasteiger partial charge < -0.3 is 4.74 Å². The third-order valence-electron chi connectivity index (χ3n) is 3.69. The van der Waals surface area contributed by atoms with Crippen molar-refractivity contribution in [3.05, 3.63) is 53.9 Å². The lowest BCUT2D eigenvalue weighted by molar-refractivity contribution is 0.309. The molecule has 26 heavy (non-hydrogen) atoms. The molecule has 0 saturated carbocycles. The first kappa shape index (κ1) is 18.3. The molecular weight excluding hydrogens is 370 g/mol. The van der Waals surface area contributed by atoms with Gasteiger partial charge in [-0.05, 0) is 54.4 Å². The van der Waals surface area contributed by atoms with Crippen LogP contribution in [0.4, 0.5) is 5.69 Å². The highest BCUT2D eigenvalue weighted by atomic mass is 32.2. The van der Waals surface area contributed by atoms with Crippen LogP contribution in [-0.4, -0.2) is 24.6 Å². The fourth-order valence-electron chi connectivity index (χ4n) is 2.26. The van der Waals surface area contributed by atoms with Gasteiger partial charge in [0.15, 0.2) is 0 Å². The summed E-state index contributed by atoms with van der Waals surface area (Å²) in [6, 6.07) is 13.4. The van der Waals surface area contributed by atoms with Crippen LogP contribution in [0.2, 0.25) is 0 Å². The molecule has 0 amide bonds. The van der Waals surface area contributed by atoms with E-state index in [1.54, 1.807) is 48.5 Å². The van der Waals surface area contributed by atoms with Gasteiger partial charge >= 0.3 is 0 Å². The Hall–Kier alpha value is -2.45. The molecule has 0 radical (unpaired) electrons. The highest BCUT2D eigenvalue weighted by Gasteiger charge is 2.14. The number of unbranched alkanes of at least 4 members (excludes halogenated alkanes) is 1. The van der Waals surface area contributed by atoms with Crippen LogP contribution in [-0.2, 0) is 10.0 Å². The Balaban J connectivity index is 1.68. The fraction of sp³-hybridized carbons (Fsp3) is 0.222. The van der Waals surface area contributed by atoms with Crippen molar-refractivity contribution in [2.24, 2.45) is 0 Å². The van der Waals surface area contributed by atoms with Crippen molar-refractivity contribution in [1.29, 1.82) is 0 Å². The molecule has 136 valence electrons. The molecule has 0 unspecified atom stereocenters. The van der Waals surface area contributed by atoms with E-state index >= 15 is 0 Å². The van der Waals surface area contributed by atoms with E-state index in [2.05, 4.69) is 21.2 Å². The summed E-state index contributed by atoms with van der Waals surface area (Å²) < 4.78 is 37.0. The molecule has 0 atom stereocenters. The van der Waals surface area contributed by atoms with Gasteiger partial charge in [0.25, 0.3) is 10.0 Å². The minimum absolute atomic E-state index is 0.188. The molecule has 3 aromatic rings. The van der Waals surface area contributed by atoms with Crippen molar-refractivity contribution >= 4 is 27.2 Å². The van der Waals surface area contributed by atoms with Crippen molar-refractivity contribution < 1.29 is 13.2 Å². The molecule has 0 aliphatic carbocycles. The number of sulfonamides is 1. The molecule has 0 saturated heterocycles. The van der Waals surface area contributed by atoms with Gasteiger partial charge in [-0.15, -0.1) is 5.10 Å². The minimum atomic E-state index is -3.65. The van der Waals surface area contributed by atoms with E-state index in [0.29, 0.717) is 18.0 Å². The van der Waals surface area contributed by atoms with E-state index in [9.17, 15) is 8.42 Å². The van der Waals surface area contributed by atoms with E-state index in [1.807, 2.05) is 5.38 Å². The monoisotopic (exact) mass is 389 g/mol. The maximum absolute atomic E-state index is 12.5. The Kier molecular flexibility index (Phi) is 5.85. The van der Waals surface area contributed by atoms with Crippen LogP contribution in [0.15, 0.2) is 58.8 Å². The number of nitrogens with zero attached hydrogens (tertiary/aromatic N) is 2. The van der Waals surface area contributed by atoms with Gasteiger partial charge in [-0.2, -0.15) is 0 Å². The minimum Gasteiger partial charge on any atom is -0.494 e. The first-order valence-corrected chi connectivity index (χ1v) is 10.5. The van der Waals surface area contributed by atoms with Gasteiger partial charge in [-0.1, -0.05) is 30.0 Å². The molecule has 1 N–H and O–H groups in total. The lowest BCUT2D eigenvalue weighted by Gasteiger charge is -2.10. The second-order valence-corrected chi connectivity index (χ2v) is 7.94. The summed E-state index contributed by atoms with van der Waals surface area (Å²) in [7, 11) is -3.65. The lowest BCUT2D eigenvalue weighted by Crippen LogP contribution is -2.12. The van der Waals surface area contributed by atoms with Gasteiger partial charge in [-0.3, -0.25) is 4.72 Å². The first-order valence-electron chi connectivity index (χ1n) is 8.21. The Bertz CT molecular complexity index is 923. The smallest absolute Gasteiger partial charge is 0.261 e. The molecule has 0 spiro atoms. The van der Waals surface area contributed by atoms with Gasteiger partial charge in [-0.25, -0.2) is 8.42 Å². The van der Waals surface area contributed by atoms with Gasteiger partial charge in [0.05, 0.1) is 11.5 Å².